The van der Waals surface area contributed by atoms with Crippen LogP contribution in [-0.2, 0) is 20.9 Å². The molecule has 34 heavy (non-hydrogen) atoms. The Morgan fingerprint density at radius 2 is 2.15 bits per heavy atom. The van der Waals surface area contributed by atoms with Crippen molar-refractivity contribution in [3.8, 4) is 11.6 Å². The lowest BCUT2D eigenvalue weighted by atomic mass is 10.1. The third-order valence-electron chi connectivity index (χ3n) is 5.31. The van der Waals surface area contributed by atoms with Crippen molar-refractivity contribution in [2.45, 2.75) is 64.8 Å². The summed E-state index contributed by atoms with van der Waals surface area (Å²) in [4.78, 5) is 30.6. The summed E-state index contributed by atoms with van der Waals surface area (Å²) in [6.45, 7) is 8.37. The molecular weight excluding hydrogens is 456 g/mol. The van der Waals surface area contributed by atoms with Crippen molar-refractivity contribution in [3.05, 3.63) is 40.3 Å². The summed E-state index contributed by atoms with van der Waals surface area (Å²) in [5.41, 5.74) is -0.450. The lowest BCUT2D eigenvalue weighted by Gasteiger charge is -2.34. The maximum absolute atomic E-state index is 13.6. The third kappa shape index (κ3) is 5.89. The van der Waals surface area contributed by atoms with E-state index in [0.717, 1.165) is 23.5 Å². The van der Waals surface area contributed by atoms with Crippen LogP contribution in [0.3, 0.4) is 0 Å². The van der Waals surface area contributed by atoms with E-state index in [1.165, 1.54) is 16.1 Å². The number of nitrogens with one attached hydrogen (secondary N) is 1. The van der Waals surface area contributed by atoms with Gasteiger partial charge in [-0.1, -0.05) is 6.07 Å². The highest BCUT2D eigenvalue weighted by Crippen LogP contribution is 2.29. The SMILES string of the molecule is Cc1ccc(-c2nnn(CC(=O)N(CC3CCCO3)C(C(=O)NC(C)(C)C)c3cccs3)n2)o1. The topological polar surface area (TPSA) is 115 Å². The van der Waals surface area contributed by atoms with Crippen LogP contribution in [0.1, 0.15) is 50.3 Å². The number of aryl methyl sites for hydroxylation is 1. The minimum absolute atomic E-state index is 0.126. The minimum Gasteiger partial charge on any atom is -0.458 e. The average Bonchev–Trinajstić information content (AvgIpc) is 3.55. The molecule has 0 spiro atoms. The molecule has 2 amide bonds. The molecule has 3 aromatic heterocycles. The molecular formula is C23H30N6O4S. The number of nitrogens with zero attached hydrogens (tertiary/aromatic N) is 5. The van der Waals surface area contributed by atoms with Gasteiger partial charge < -0.3 is 19.4 Å². The molecule has 4 rings (SSSR count). The van der Waals surface area contributed by atoms with Crippen molar-refractivity contribution >= 4 is 23.2 Å². The number of furan rings is 1. The maximum atomic E-state index is 13.6. The Morgan fingerprint density at radius 1 is 1.32 bits per heavy atom. The molecule has 182 valence electrons. The van der Waals surface area contributed by atoms with Crippen LogP contribution in [0.2, 0.25) is 0 Å². The van der Waals surface area contributed by atoms with Crippen LogP contribution in [0.25, 0.3) is 11.6 Å². The molecule has 1 saturated heterocycles. The predicted octanol–water partition coefficient (Wildman–Crippen LogP) is 2.97. The second kappa shape index (κ2) is 10.1. The normalized spacial score (nSPS) is 17.0. The van der Waals surface area contributed by atoms with Crippen LogP contribution in [0.15, 0.2) is 34.1 Å². The summed E-state index contributed by atoms with van der Waals surface area (Å²) >= 11 is 1.44. The number of hydrogen-bond donors (Lipinski definition) is 1. The summed E-state index contributed by atoms with van der Waals surface area (Å²) < 4.78 is 11.4. The number of hydrogen-bond acceptors (Lipinski definition) is 8. The van der Waals surface area contributed by atoms with Crippen LogP contribution in [0.5, 0.6) is 0 Å². The number of thiophene rings is 1. The second-order valence-corrected chi connectivity index (χ2v) is 10.4. The average molecular weight is 487 g/mol. The van der Waals surface area contributed by atoms with Gasteiger partial charge in [0.1, 0.15) is 18.3 Å². The first-order chi connectivity index (χ1) is 16.2. The van der Waals surface area contributed by atoms with Gasteiger partial charge in [0.2, 0.25) is 17.6 Å². The Hall–Kier alpha value is -3.05. The molecule has 10 nitrogen and oxygen atoms in total. The monoisotopic (exact) mass is 486 g/mol. The first-order valence-electron chi connectivity index (χ1n) is 11.3. The molecule has 3 aromatic rings. The standard InChI is InChI=1S/C23H30N6O4S/c1-15-9-10-17(33-15)21-25-27-29(26-21)14-19(30)28(13-16-7-5-11-32-16)20(18-8-6-12-34-18)22(31)24-23(2,3)4/h6,8-10,12,16,20H,5,7,11,13-14H2,1-4H3,(H,24,31). The number of ether oxygens (including phenoxy) is 1. The fourth-order valence-electron chi connectivity index (χ4n) is 3.84. The lowest BCUT2D eigenvalue weighted by Crippen LogP contribution is -2.51. The number of carbonyl (C=O) groups excluding carboxylic acids is 2. The number of tetrazole rings is 1. The smallest absolute Gasteiger partial charge is 0.248 e. The van der Waals surface area contributed by atoms with Gasteiger partial charge >= 0.3 is 0 Å². The van der Waals surface area contributed by atoms with Gasteiger partial charge in [-0.3, -0.25) is 9.59 Å². The highest BCUT2D eigenvalue weighted by Gasteiger charge is 2.36. The third-order valence-corrected chi connectivity index (χ3v) is 6.23. The summed E-state index contributed by atoms with van der Waals surface area (Å²) in [5.74, 6) is 0.978. The van der Waals surface area contributed by atoms with E-state index in [-0.39, 0.29) is 24.5 Å². The lowest BCUT2D eigenvalue weighted by molar-refractivity contribution is -0.144. The van der Waals surface area contributed by atoms with Gasteiger partial charge in [-0.05, 0) is 69.3 Å². The zero-order valence-corrected chi connectivity index (χ0v) is 20.7. The number of carbonyl (C=O) groups is 2. The van der Waals surface area contributed by atoms with E-state index in [4.69, 9.17) is 9.15 Å². The molecule has 0 bridgehead atoms. The van der Waals surface area contributed by atoms with E-state index in [1.54, 1.807) is 11.0 Å². The minimum atomic E-state index is -0.786. The first kappa shape index (κ1) is 24.1. The van der Waals surface area contributed by atoms with Crippen LogP contribution < -0.4 is 5.32 Å². The van der Waals surface area contributed by atoms with Crippen molar-refractivity contribution in [2.75, 3.05) is 13.2 Å². The fourth-order valence-corrected chi connectivity index (χ4v) is 4.68. The van der Waals surface area contributed by atoms with Gasteiger partial charge in [0.15, 0.2) is 5.76 Å². The molecule has 1 aliphatic heterocycles. The summed E-state index contributed by atoms with van der Waals surface area (Å²) in [6, 6.07) is 6.53. The van der Waals surface area contributed by atoms with Gasteiger partial charge in [-0.25, -0.2) is 0 Å². The molecule has 1 N–H and O–H groups in total. The Kier molecular flexibility index (Phi) is 7.13. The van der Waals surface area contributed by atoms with Gasteiger partial charge in [0.05, 0.1) is 6.10 Å². The van der Waals surface area contributed by atoms with Crippen molar-refractivity contribution in [3.63, 3.8) is 0 Å². The quantitative estimate of drug-likeness (QED) is 0.520. The summed E-state index contributed by atoms with van der Waals surface area (Å²) in [6.07, 6.45) is 1.64. The molecule has 11 heteroatoms. The Bertz CT molecular complexity index is 1110. The summed E-state index contributed by atoms with van der Waals surface area (Å²) in [7, 11) is 0. The Morgan fingerprint density at radius 3 is 2.76 bits per heavy atom. The molecule has 2 atom stereocenters. The van der Waals surface area contributed by atoms with Crippen molar-refractivity contribution in [1.29, 1.82) is 0 Å². The fraction of sp³-hybridized carbons (Fsp3) is 0.522. The van der Waals surface area contributed by atoms with Crippen LogP contribution >= 0.6 is 11.3 Å². The van der Waals surface area contributed by atoms with E-state index in [9.17, 15) is 9.59 Å². The molecule has 0 radical (unpaired) electrons. The zero-order valence-electron chi connectivity index (χ0n) is 19.9. The van der Waals surface area contributed by atoms with Gasteiger partial charge in [-0.15, -0.1) is 21.5 Å². The van der Waals surface area contributed by atoms with Crippen LogP contribution in [-0.4, -0.2) is 61.7 Å². The van der Waals surface area contributed by atoms with Crippen molar-refractivity contribution in [2.24, 2.45) is 0 Å². The molecule has 4 heterocycles. The van der Waals surface area contributed by atoms with Crippen molar-refractivity contribution < 1.29 is 18.7 Å². The predicted molar refractivity (Wildman–Crippen MR) is 126 cm³/mol. The van der Waals surface area contributed by atoms with E-state index >= 15 is 0 Å². The highest BCUT2D eigenvalue weighted by molar-refractivity contribution is 7.10. The zero-order chi connectivity index (χ0) is 24.3. The molecule has 0 aliphatic carbocycles. The largest absolute Gasteiger partial charge is 0.458 e. The van der Waals surface area contributed by atoms with Gasteiger partial charge in [0.25, 0.3) is 0 Å². The van der Waals surface area contributed by atoms with E-state index in [0.29, 0.717) is 24.7 Å². The maximum Gasteiger partial charge on any atom is 0.248 e. The van der Waals surface area contributed by atoms with E-state index in [1.807, 2.05) is 51.3 Å². The van der Waals surface area contributed by atoms with E-state index < -0.39 is 11.6 Å². The Labute approximate surface area is 202 Å². The molecule has 0 aromatic carbocycles. The second-order valence-electron chi connectivity index (χ2n) is 9.39. The highest BCUT2D eigenvalue weighted by atomic mass is 32.1. The number of aromatic nitrogens is 4. The molecule has 0 saturated carbocycles. The summed E-state index contributed by atoms with van der Waals surface area (Å²) in [5, 5.41) is 17.3. The first-order valence-corrected chi connectivity index (χ1v) is 12.2. The van der Waals surface area contributed by atoms with Crippen LogP contribution in [0.4, 0.5) is 0 Å². The molecule has 1 aliphatic rings. The van der Waals surface area contributed by atoms with Crippen LogP contribution in [0, 0.1) is 6.92 Å². The van der Waals surface area contributed by atoms with Crippen molar-refractivity contribution in [1.82, 2.24) is 30.4 Å². The molecule has 1 fully saturated rings. The Balaban J connectivity index is 1.60. The van der Waals surface area contributed by atoms with Gasteiger partial charge in [-0.2, -0.15) is 4.80 Å². The van der Waals surface area contributed by atoms with E-state index in [2.05, 4.69) is 20.7 Å². The van der Waals surface area contributed by atoms with Gasteiger partial charge in [0, 0.05) is 23.6 Å². The number of amides is 2. The number of rotatable bonds is 8. The molecule has 2 unspecified atom stereocenters.